The summed E-state index contributed by atoms with van der Waals surface area (Å²) in [6, 6.07) is 13.8. The van der Waals surface area contributed by atoms with Crippen LogP contribution in [0.4, 0.5) is 5.69 Å². The summed E-state index contributed by atoms with van der Waals surface area (Å²) >= 11 is 12.4. The lowest BCUT2D eigenvalue weighted by Gasteiger charge is -2.17. The van der Waals surface area contributed by atoms with Crippen molar-refractivity contribution < 1.29 is 14.3 Å². The molecule has 3 rings (SSSR count). The number of esters is 1. The molecule has 1 aliphatic heterocycles. The van der Waals surface area contributed by atoms with Crippen LogP contribution in [-0.2, 0) is 9.53 Å². The van der Waals surface area contributed by atoms with E-state index >= 15 is 0 Å². The molecule has 1 saturated heterocycles. The molecule has 0 bridgehead atoms. The van der Waals surface area contributed by atoms with Gasteiger partial charge in [-0.3, -0.25) is 9.69 Å². The number of nitrogens with zero attached hydrogens (tertiary/aromatic N) is 1. The minimum Gasteiger partial charge on any atom is -0.465 e. The number of halogens is 1. The first kappa shape index (κ1) is 17.7. The zero-order chi connectivity index (χ0) is 18.0. The monoisotopic (exact) mass is 389 g/mol. The highest BCUT2D eigenvalue weighted by Gasteiger charge is 2.35. The number of rotatable bonds is 3. The van der Waals surface area contributed by atoms with Gasteiger partial charge in [0.1, 0.15) is 0 Å². The third kappa shape index (κ3) is 3.61. The summed E-state index contributed by atoms with van der Waals surface area (Å²) in [6.07, 6.45) is 1.75. The Kier molecular flexibility index (Phi) is 5.22. The lowest BCUT2D eigenvalue weighted by atomic mass is 10.1. The third-order valence-electron chi connectivity index (χ3n) is 3.51. The highest BCUT2D eigenvalue weighted by Crippen LogP contribution is 2.37. The number of hydrogen-bond donors (Lipinski definition) is 0. The molecule has 2 aromatic carbocycles. The second-order valence-electron chi connectivity index (χ2n) is 5.08. The van der Waals surface area contributed by atoms with Gasteiger partial charge in [0.15, 0.2) is 4.32 Å². The smallest absolute Gasteiger partial charge is 0.339 e. The molecule has 1 fully saturated rings. The number of para-hydroxylation sites is 1. The molecule has 1 amide bonds. The van der Waals surface area contributed by atoms with Crippen LogP contribution in [0.25, 0.3) is 6.08 Å². The van der Waals surface area contributed by atoms with Crippen LogP contribution >= 0.6 is 35.6 Å². The van der Waals surface area contributed by atoms with Crippen molar-refractivity contribution in [1.82, 2.24) is 0 Å². The van der Waals surface area contributed by atoms with Crippen LogP contribution < -0.4 is 4.90 Å². The van der Waals surface area contributed by atoms with E-state index in [1.54, 1.807) is 42.5 Å². The fourth-order valence-corrected chi connectivity index (χ4v) is 3.75. The SMILES string of the molecule is COC(=O)c1ccccc1N1C(=O)/C(=C/c2ccc(Cl)cc2)SC1=S. The molecule has 0 aromatic heterocycles. The van der Waals surface area contributed by atoms with Gasteiger partial charge in [-0.1, -0.05) is 59.8 Å². The first-order chi connectivity index (χ1) is 12.0. The number of ether oxygens (including phenoxy) is 1. The van der Waals surface area contributed by atoms with Crippen LogP contribution in [0.2, 0.25) is 5.02 Å². The summed E-state index contributed by atoms with van der Waals surface area (Å²) < 4.78 is 5.15. The van der Waals surface area contributed by atoms with Crippen molar-refractivity contribution >= 4 is 63.5 Å². The minimum atomic E-state index is -0.522. The number of anilines is 1. The van der Waals surface area contributed by atoms with E-state index in [0.717, 1.165) is 5.56 Å². The summed E-state index contributed by atoms with van der Waals surface area (Å²) in [5.74, 6) is -0.798. The Labute approximate surface area is 159 Å². The van der Waals surface area contributed by atoms with Crippen molar-refractivity contribution in [2.75, 3.05) is 12.0 Å². The zero-order valence-corrected chi connectivity index (χ0v) is 15.5. The Morgan fingerprint density at radius 2 is 1.88 bits per heavy atom. The van der Waals surface area contributed by atoms with Gasteiger partial charge in [-0.05, 0) is 35.9 Å². The van der Waals surface area contributed by atoms with Gasteiger partial charge in [0.05, 0.1) is 23.3 Å². The summed E-state index contributed by atoms with van der Waals surface area (Å²) in [7, 11) is 1.30. The number of amides is 1. The van der Waals surface area contributed by atoms with E-state index in [1.807, 2.05) is 12.1 Å². The van der Waals surface area contributed by atoms with Gasteiger partial charge in [0.25, 0.3) is 5.91 Å². The lowest BCUT2D eigenvalue weighted by Crippen LogP contribution is -2.29. The Balaban J connectivity index is 1.98. The van der Waals surface area contributed by atoms with Crippen LogP contribution in [0.1, 0.15) is 15.9 Å². The molecule has 0 spiro atoms. The molecule has 1 aliphatic rings. The van der Waals surface area contributed by atoms with E-state index in [-0.39, 0.29) is 11.5 Å². The Hall–Kier alpha value is -2.15. The number of thiocarbonyl (C=S) groups is 1. The summed E-state index contributed by atoms with van der Waals surface area (Å²) in [5, 5.41) is 0.622. The second-order valence-corrected chi connectivity index (χ2v) is 7.19. The molecule has 0 unspecified atom stereocenters. The molecule has 7 heteroatoms. The second kappa shape index (κ2) is 7.39. The number of carbonyl (C=O) groups is 2. The average Bonchev–Trinajstić information content (AvgIpc) is 2.89. The van der Waals surface area contributed by atoms with Gasteiger partial charge in [-0.2, -0.15) is 0 Å². The number of thioether (sulfide) groups is 1. The Morgan fingerprint density at radius 1 is 1.20 bits per heavy atom. The van der Waals surface area contributed by atoms with E-state index in [1.165, 1.54) is 23.8 Å². The normalized spacial score (nSPS) is 15.8. The molecule has 2 aromatic rings. The van der Waals surface area contributed by atoms with E-state index in [2.05, 4.69) is 0 Å². The van der Waals surface area contributed by atoms with Crippen LogP contribution in [-0.4, -0.2) is 23.3 Å². The predicted octanol–water partition coefficient (Wildman–Crippen LogP) is 4.53. The zero-order valence-electron chi connectivity index (χ0n) is 13.1. The topological polar surface area (TPSA) is 46.6 Å². The summed E-state index contributed by atoms with van der Waals surface area (Å²) in [5.41, 5.74) is 1.54. The number of carbonyl (C=O) groups excluding carboxylic acids is 2. The molecule has 126 valence electrons. The van der Waals surface area contributed by atoms with Crippen molar-refractivity contribution in [1.29, 1.82) is 0 Å². The average molecular weight is 390 g/mol. The van der Waals surface area contributed by atoms with Crippen molar-refractivity contribution in [3.63, 3.8) is 0 Å². The first-order valence-corrected chi connectivity index (χ1v) is 8.82. The van der Waals surface area contributed by atoms with Crippen LogP contribution in [0.5, 0.6) is 0 Å². The van der Waals surface area contributed by atoms with E-state index in [4.69, 9.17) is 28.6 Å². The third-order valence-corrected chi connectivity index (χ3v) is 5.07. The fraction of sp³-hybridized carbons (Fsp3) is 0.0556. The van der Waals surface area contributed by atoms with Gasteiger partial charge in [0.2, 0.25) is 0 Å². The molecular weight excluding hydrogens is 378 g/mol. The van der Waals surface area contributed by atoms with Crippen molar-refractivity contribution in [2.24, 2.45) is 0 Å². The lowest BCUT2D eigenvalue weighted by molar-refractivity contribution is -0.113. The van der Waals surface area contributed by atoms with Crippen molar-refractivity contribution in [3.8, 4) is 0 Å². The molecule has 1 heterocycles. The van der Waals surface area contributed by atoms with Crippen molar-refractivity contribution in [2.45, 2.75) is 0 Å². The molecular formula is C18H12ClNO3S2. The largest absolute Gasteiger partial charge is 0.465 e. The van der Waals surface area contributed by atoms with Crippen LogP contribution in [0.3, 0.4) is 0 Å². The molecule has 0 saturated carbocycles. The molecule has 0 N–H and O–H groups in total. The van der Waals surface area contributed by atoms with Gasteiger partial charge in [0, 0.05) is 5.02 Å². The molecule has 0 radical (unpaired) electrons. The van der Waals surface area contributed by atoms with E-state index < -0.39 is 5.97 Å². The predicted molar refractivity (Wildman–Crippen MR) is 105 cm³/mol. The number of methoxy groups -OCH3 is 1. The summed E-state index contributed by atoms with van der Waals surface area (Å²) in [4.78, 5) is 26.6. The fourth-order valence-electron chi connectivity index (χ4n) is 2.34. The van der Waals surface area contributed by atoms with E-state index in [0.29, 0.717) is 19.9 Å². The standard InChI is InChI=1S/C18H12ClNO3S2/c1-23-17(22)13-4-2-3-5-14(13)20-16(21)15(25-18(20)24)10-11-6-8-12(19)9-7-11/h2-10H,1H3/b15-10-. The molecule has 0 atom stereocenters. The highest BCUT2D eigenvalue weighted by molar-refractivity contribution is 8.27. The molecule has 4 nitrogen and oxygen atoms in total. The van der Waals surface area contributed by atoms with E-state index in [9.17, 15) is 9.59 Å². The van der Waals surface area contributed by atoms with Crippen molar-refractivity contribution in [3.05, 3.63) is 69.6 Å². The van der Waals surface area contributed by atoms with Gasteiger partial charge < -0.3 is 4.74 Å². The number of benzene rings is 2. The maximum atomic E-state index is 12.8. The van der Waals surface area contributed by atoms with Gasteiger partial charge in [-0.15, -0.1) is 0 Å². The quantitative estimate of drug-likeness (QED) is 0.438. The van der Waals surface area contributed by atoms with Crippen LogP contribution in [0, 0.1) is 0 Å². The first-order valence-electron chi connectivity index (χ1n) is 7.22. The molecule has 0 aliphatic carbocycles. The molecule has 25 heavy (non-hydrogen) atoms. The highest BCUT2D eigenvalue weighted by atomic mass is 35.5. The van der Waals surface area contributed by atoms with Gasteiger partial charge in [-0.25, -0.2) is 4.79 Å². The Morgan fingerprint density at radius 3 is 2.56 bits per heavy atom. The number of hydrogen-bond acceptors (Lipinski definition) is 5. The maximum Gasteiger partial charge on any atom is 0.339 e. The van der Waals surface area contributed by atoms with Gasteiger partial charge >= 0.3 is 5.97 Å². The summed E-state index contributed by atoms with van der Waals surface area (Å²) in [6.45, 7) is 0. The van der Waals surface area contributed by atoms with Crippen LogP contribution in [0.15, 0.2) is 53.4 Å². The minimum absolute atomic E-state index is 0.277. The Bertz CT molecular complexity index is 893. The maximum absolute atomic E-state index is 12.8.